The fourth-order valence-electron chi connectivity index (χ4n) is 4.04. The summed E-state index contributed by atoms with van der Waals surface area (Å²) in [5.41, 5.74) is 1.07. The van der Waals surface area contributed by atoms with Crippen molar-refractivity contribution in [3.05, 3.63) is 30.5 Å². The molecule has 4 heterocycles. The molecule has 2 fully saturated rings. The number of aryl methyl sites for hydroxylation is 1. The smallest absolute Gasteiger partial charge is 0.227 e. The van der Waals surface area contributed by atoms with Crippen LogP contribution in [-0.2, 0) is 0 Å². The van der Waals surface area contributed by atoms with E-state index in [0.29, 0.717) is 12.1 Å². The predicted molar refractivity (Wildman–Crippen MR) is 108 cm³/mol. The molecular formula is C20H31N7. The molecule has 1 N–H and O–H groups in total. The second kappa shape index (κ2) is 8.25. The van der Waals surface area contributed by atoms with Gasteiger partial charge >= 0.3 is 0 Å². The summed E-state index contributed by atoms with van der Waals surface area (Å²) in [5.74, 6) is 2.01. The lowest BCUT2D eigenvalue weighted by molar-refractivity contribution is 0.380. The van der Waals surface area contributed by atoms with Gasteiger partial charge in [-0.3, -0.25) is 0 Å². The van der Waals surface area contributed by atoms with Crippen LogP contribution in [0.5, 0.6) is 0 Å². The molecule has 2 aliphatic rings. The molecule has 0 amide bonds. The lowest BCUT2D eigenvalue weighted by Crippen LogP contribution is -2.44. The van der Waals surface area contributed by atoms with E-state index in [1.807, 2.05) is 18.7 Å². The molecule has 1 unspecified atom stereocenters. The molecule has 27 heavy (non-hydrogen) atoms. The van der Waals surface area contributed by atoms with Crippen LogP contribution < -0.4 is 15.1 Å². The Kier molecular flexibility index (Phi) is 5.57. The molecule has 0 aliphatic carbocycles. The van der Waals surface area contributed by atoms with Gasteiger partial charge in [-0.2, -0.15) is 4.98 Å². The fourth-order valence-corrected chi connectivity index (χ4v) is 4.04. The Hall–Kier alpha value is -2.15. The number of anilines is 2. The van der Waals surface area contributed by atoms with E-state index in [9.17, 15) is 0 Å². The normalized spacial score (nSPS) is 19.6. The first-order valence-corrected chi connectivity index (χ1v) is 10.3. The summed E-state index contributed by atoms with van der Waals surface area (Å²) in [6.07, 6.45) is 10.6. The van der Waals surface area contributed by atoms with Crippen LogP contribution in [0.4, 0.5) is 11.8 Å². The Morgan fingerprint density at radius 2 is 1.89 bits per heavy atom. The summed E-state index contributed by atoms with van der Waals surface area (Å²) in [5, 5.41) is 3.73. The Labute approximate surface area is 161 Å². The zero-order valence-electron chi connectivity index (χ0n) is 16.5. The van der Waals surface area contributed by atoms with Gasteiger partial charge in [0, 0.05) is 69.0 Å². The third kappa shape index (κ3) is 4.40. The van der Waals surface area contributed by atoms with Crippen molar-refractivity contribution < 1.29 is 0 Å². The van der Waals surface area contributed by atoms with E-state index in [4.69, 9.17) is 4.98 Å². The van der Waals surface area contributed by atoms with Crippen molar-refractivity contribution in [3.8, 4) is 0 Å². The number of piperidine rings is 1. The van der Waals surface area contributed by atoms with Gasteiger partial charge in [-0.05, 0) is 39.5 Å². The van der Waals surface area contributed by atoms with Gasteiger partial charge in [-0.1, -0.05) is 0 Å². The Bertz CT molecular complexity index is 716. The standard InChI is InChI=1S/C20H31N7/c1-16-13-19(24-20(23-16)26-8-3-4-9-26)25-10-5-18(6-11-25)22-14-17(2)27-12-7-21-15-27/h7,12-13,15,17-18,22H,3-6,8-11,14H2,1-2H3. The summed E-state index contributed by atoms with van der Waals surface area (Å²) in [6.45, 7) is 9.56. The summed E-state index contributed by atoms with van der Waals surface area (Å²) < 4.78 is 2.16. The Balaban J connectivity index is 1.31. The van der Waals surface area contributed by atoms with Crippen LogP contribution in [0.1, 0.15) is 44.3 Å². The summed E-state index contributed by atoms with van der Waals surface area (Å²) in [6, 6.07) is 3.14. The van der Waals surface area contributed by atoms with Crippen molar-refractivity contribution in [1.29, 1.82) is 0 Å². The highest BCUT2D eigenvalue weighted by Crippen LogP contribution is 2.23. The molecule has 0 aromatic carbocycles. The van der Waals surface area contributed by atoms with E-state index < -0.39 is 0 Å². The number of nitrogens with zero attached hydrogens (tertiary/aromatic N) is 6. The summed E-state index contributed by atoms with van der Waals surface area (Å²) in [4.78, 5) is 18.4. The van der Waals surface area contributed by atoms with Crippen LogP contribution in [0, 0.1) is 6.92 Å². The quantitative estimate of drug-likeness (QED) is 0.844. The van der Waals surface area contributed by atoms with Crippen molar-refractivity contribution >= 4 is 11.8 Å². The molecule has 7 heteroatoms. The first kappa shape index (κ1) is 18.2. The van der Waals surface area contributed by atoms with Gasteiger partial charge in [0.2, 0.25) is 5.95 Å². The number of imidazole rings is 1. The lowest BCUT2D eigenvalue weighted by Gasteiger charge is -2.34. The van der Waals surface area contributed by atoms with E-state index >= 15 is 0 Å². The zero-order chi connectivity index (χ0) is 18.6. The lowest BCUT2D eigenvalue weighted by atomic mass is 10.0. The average molecular weight is 370 g/mol. The van der Waals surface area contributed by atoms with Gasteiger partial charge in [-0.15, -0.1) is 0 Å². The van der Waals surface area contributed by atoms with E-state index in [2.05, 4.69) is 49.6 Å². The second-order valence-electron chi connectivity index (χ2n) is 7.89. The number of nitrogens with one attached hydrogen (secondary N) is 1. The van der Waals surface area contributed by atoms with Crippen molar-refractivity contribution in [2.75, 3.05) is 42.5 Å². The minimum atomic E-state index is 0.429. The third-order valence-corrected chi connectivity index (χ3v) is 5.77. The third-order valence-electron chi connectivity index (χ3n) is 5.77. The highest BCUT2D eigenvalue weighted by molar-refractivity contribution is 5.46. The van der Waals surface area contributed by atoms with Gasteiger partial charge < -0.3 is 19.7 Å². The van der Waals surface area contributed by atoms with Gasteiger partial charge in [-0.25, -0.2) is 9.97 Å². The van der Waals surface area contributed by atoms with Crippen LogP contribution >= 0.6 is 0 Å². The number of hydrogen-bond acceptors (Lipinski definition) is 6. The molecule has 2 aromatic heterocycles. The molecule has 1 atom stereocenters. The molecule has 7 nitrogen and oxygen atoms in total. The van der Waals surface area contributed by atoms with Crippen molar-refractivity contribution in [2.24, 2.45) is 0 Å². The first-order valence-electron chi connectivity index (χ1n) is 10.3. The molecule has 0 bridgehead atoms. The molecule has 4 rings (SSSR count). The monoisotopic (exact) mass is 369 g/mol. The van der Waals surface area contributed by atoms with Crippen LogP contribution in [0.3, 0.4) is 0 Å². The fraction of sp³-hybridized carbons (Fsp3) is 0.650. The average Bonchev–Trinajstić information content (AvgIpc) is 3.40. The largest absolute Gasteiger partial charge is 0.356 e. The number of hydrogen-bond donors (Lipinski definition) is 1. The molecule has 2 aromatic rings. The first-order chi connectivity index (χ1) is 13.2. The van der Waals surface area contributed by atoms with Gasteiger partial charge in [0.05, 0.1) is 6.33 Å². The molecule has 146 valence electrons. The van der Waals surface area contributed by atoms with Crippen LogP contribution in [0.2, 0.25) is 0 Å². The second-order valence-corrected chi connectivity index (χ2v) is 7.89. The maximum Gasteiger partial charge on any atom is 0.227 e. The minimum Gasteiger partial charge on any atom is -0.356 e. The highest BCUT2D eigenvalue weighted by Gasteiger charge is 2.22. The van der Waals surface area contributed by atoms with Crippen molar-refractivity contribution in [1.82, 2.24) is 24.8 Å². The maximum atomic E-state index is 4.88. The zero-order valence-corrected chi connectivity index (χ0v) is 16.5. The van der Waals surface area contributed by atoms with Gasteiger partial charge in [0.25, 0.3) is 0 Å². The van der Waals surface area contributed by atoms with Gasteiger partial charge in [0.1, 0.15) is 5.82 Å². The molecule has 2 aliphatic heterocycles. The minimum absolute atomic E-state index is 0.429. The molecule has 0 saturated carbocycles. The number of rotatable bonds is 6. The summed E-state index contributed by atoms with van der Waals surface area (Å²) in [7, 11) is 0. The Morgan fingerprint density at radius 1 is 1.11 bits per heavy atom. The van der Waals surface area contributed by atoms with E-state index in [1.165, 1.54) is 12.8 Å². The molecule has 2 saturated heterocycles. The molecule has 0 radical (unpaired) electrons. The van der Waals surface area contributed by atoms with Crippen LogP contribution in [-0.4, -0.2) is 58.3 Å². The molecule has 0 spiro atoms. The van der Waals surface area contributed by atoms with Crippen molar-refractivity contribution in [2.45, 2.75) is 51.6 Å². The molecular weight excluding hydrogens is 338 g/mol. The summed E-state index contributed by atoms with van der Waals surface area (Å²) >= 11 is 0. The van der Waals surface area contributed by atoms with E-state index in [-0.39, 0.29) is 0 Å². The van der Waals surface area contributed by atoms with E-state index in [0.717, 1.165) is 63.0 Å². The number of aromatic nitrogens is 4. The topological polar surface area (TPSA) is 62.1 Å². The maximum absolute atomic E-state index is 4.88. The predicted octanol–water partition coefficient (Wildman–Crippen LogP) is 2.40. The highest BCUT2D eigenvalue weighted by atomic mass is 15.3. The van der Waals surface area contributed by atoms with E-state index in [1.54, 1.807) is 0 Å². The van der Waals surface area contributed by atoms with Crippen LogP contribution in [0.25, 0.3) is 0 Å². The SMILES string of the molecule is Cc1cc(N2CCC(NCC(C)n3ccnc3)CC2)nc(N2CCCC2)n1. The Morgan fingerprint density at radius 3 is 2.59 bits per heavy atom. The van der Waals surface area contributed by atoms with Crippen LogP contribution in [0.15, 0.2) is 24.8 Å². The van der Waals surface area contributed by atoms with Gasteiger partial charge in [0.15, 0.2) is 0 Å². The van der Waals surface area contributed by atoms with Crippen molar-refractivity contribution in [3.63, 3.8) is 0 Å².